The summed E-state index contributed by atoms with van der Waals surface area (Å²) in [5.41, 5.74) is 2.64. The lowest BCUT2D eigenvalue weighted by atomic mass is 9.95. The standard InChI is InChI=1S/C19H19NO2/c1-14(21)17-10-9-16(20-11-5-6-12-20)13-18(17)19(22)15-7-3-2-4-8-15/h2-4,7-10,13H,5-6,11-12H2,1H3. The Kier molecular flexibility index (Phi) is 4.05. The van der Waals surface area contributed by atoms with Gasteiger partial charge >= 0.3 is 0 Å². The van der Waals surface area contributed by atoms with E-state index < -0.39 is 0 Å². The topological polar surface area (TPSA) is 37.4 Å². The average molecular weight is 293 g/mol. The summed E-state index contributed by atoms with van der Waals surface area (Å²) in [5.74, 6) is -0.167. The average Bonchev–Trinajstić information content (AvgIpc) is 3.09. The lowest BCUT2D eigenvalue weighted by Gasteiger charge is -2.19. The minimum Gasteiger partial charge on any atom is -0.372 e. The molecule has 1 aliphatic heterocycles. The second kappa shape index (κ2) is 6.14. The van der Waals surface area contributed by atoms with Gasteiger partial charge in [0.2, 0.25) is 0 Å². The molecule has 0 aromatic heterocycles. The van der Waals surface area contributed by atoms with Crippen LogP contribution in [0.15, 0.2) is 48.5 Å². The van der Waals surface area contributed by atoms with E-state index in [0.29, 0.717) is 16.7 Å². The van der Waals surface area contributed by atoms with E-state index in [4.69, 9.17) is 0 Å². The monoisotopic (exact) mass is 293 g/mol. The number of ketones is 2. The van der Waals surface area contributed by atoms with Gasteiger partial charge in [-0.1, -0.05) is 30.3 Å². The number of nitrogens with zero attached hydrogens (tertiary/aromatic N) is 1. The molecule has 2 aromatic carbocycles. The molecule has 0 amide bonds. The highest BCUT2D eigenvalue weighted by atomic mass is 16.1. The molecule has 1 fully saturated rings. The van der Waals surface area contributed by atoms with Crippen LogP contribution in [0.2, 0.25) is 0 Å². The first-order chi connectivity index (χ1) is 10.7. The van der Waals surface area contributed by atoms with Crippen molar-refractivity contribution in [2.75, 3.05) is 18.0 Å². The van der Waals surface area contributed by atoms with Gasteiger partial charge in [-0.05, 0) is 38.0 Å². The maximum absolute atomic E-state index is 12.8. The molecule has 0 radical (unpaired) electrons. The molecule has 0 bridgehead atoms. The van der Waals surface area contributed by atoms with Gasteiger partial charge in [0.1, 0.15) is 0 Å². The molecule has 1 aliphatic rings. The molecule has 0 spiro atoms. The van der Waals surface area contributed by atoms with Gasteiger partial charge in [0.25, 0.3) is 0 Å². The molecular formula is C19H19NO2. The van der Waals surface area contributed by atoms with E-state index in [-0.39, 0.29) is 11.6 Å². The number of rotatable bonds is 4. The summed E-state index contributed by atoms with van der Waals surface area (Å²) in [6.07, 6.45) is 2.35. The van der Waals surface area contributed by atoms with Gasteiger partial charge < -0.3 is 4.90 Å². The maximum Gasteiger partial charge on any atom is 0.193 e. The summed E-state index contributed by atoms with van der Waals surface area (Å²) in [5, 5.41) is 0. The van der Waals surface area contributed by atoms with Crippen LogP contribution in [-0.2, 0) is 0 Å². The normalized spacial score (nSPS) is 14.1. The van der Waals surface area contributed by atoms with E-state index in [2.05, 4.69) is 4.90 Å². The fourth-order valence-corrected chi connectivity index (χ4v) is 2.94. The first kappa shape index (κ1) is 14.5. The zero-order valence-electron chi connectivity index (χ0n) is 12.7. The Bertz CT molecular complexity index is 701. The number of carbonyl (C=O) groups excluding carboxylic acids is 2. The fourth-order valence-electron chi connectivity index (χ4n) is 2.94. The molecule has 0 atom stereocenters. The first-order valence-corrected chi connectivity index (χ1v) is 7.66. The lowest BCUT2D eigenvalue weighted by molar-refractivity contribution is 0.0990. The smallest absolute Gasteiger partial charge is 0.193 e. The predicted octanol–water partition coefficient (Wildman–Crippen LogP) is 3.72. The van der Waals surface area contributed by atoms with Crippen LogP contribution in [0.4, 0.5) is 5.69 Å². The van der Waals surface area contributed by atoms with Crippen LogP contribution >= 0.6 is 0 Å². The molecule has 0 unspecified atom stereocenters. The Balaban J connectivity index is 2.04. The Morgan fingerprint density at radius 3 is 2.23 bits per heavy atom. The van der Waals surface area contributed by atoms with E-state index in [9.17, 15) is 9.59 Å². The van der Waals surface area contributed by atoms with Crippen LogP contribution in [-0.4, -0.2) is 24.7 Å². The van der Waals surface area contributed by atoms with Crippen molar-refractivity contribution in [3.05, 3.63) is 65.2 Å². The van der Waals surface area contributed by atoms with Gasteiger partial charge in [-0.2, -0.15) is 0 Å². The zero-order chi connectivity index (χ0) is 15.5. The Hall–Kier alpha value is -2.42. The van der Waals surface area contributed by atoms with E-state index in [1.807, 2.05) is 30.3 Å². The molecule has 1 saturated heterocycles. The quantitative estimate of drug-likeness (QED) is 0.806. The van der Waals surface area contributed by atoms with E-state index in [1.54, 1.807) is 18.2 Å². The lowest BCUT2D eigenvalue weighted by Crippen LogP contribution is -2.19. The highest BCUT2D eigenvalue weighted by Crippen LogP contribution is 2.25. The van der Waals surface area contributed by atoms with Crippen LogP contribution in [0, 0.1) is 0 Å². The predicted molar refractivity (Wildman–Crippen MR) is 87.8 cm³/mol. The van der Waals surface area contributed by atoms with Gasteiger partial charge in [-0.3, -0.25) is 9.59 Å². The van der Waals surface area contributed by atoms with Crippen molar-refractivity contribution >= 4 is 17.3 Å². The number of carbonyl (C=O) groups is 2. The molecule has 3 heteroatoms. The Labute approximate surface area is 130 Å². The number of hydrogen-bond acceptors (Lipinski definition) is 3. The fraction of sp³-hybridized carbons (Fsp3) is 0.263. The molecule has 112 valence electrons. The maximum atomic E-state index is 12.8. The molecule has 0 aliphatic carbocycles. The zero-order valence-corrected chi connectivity index (χ0v) is 12.7. The van der Waals surface area contributed by atoms with Crippen LogP contribution in [0.3, 0.4) is 0 Å². The van der Waals surface area contributed by atoms with E-state index in [0.717, 1.165) is 18.8 Å². The summed E-state index contributed by atoms with van der Waals surface area (Å²) in [7, 11) is 0. The summed E-state index contributed by atoms with van der Waals surface area (Å²) in [6, 6.07) is 14.7. The van der Waals surface area contributed by atoms with Crippen molar-refractivity contribution in [2.24, 2.45) is 0 Å². The second-order valence-electron chi connectivity index (χ2n) is 5.68. The number of benzene rings is 2. The molecular weight excluding hydrogens is 274 g/mol. The minimum absolute atomic E-state index is 0.0766. The van der Waals surface area contributed by atoms with Crippen molar-refractivity contribution in [3.8, 4) is 0 Å². The van der Waals surface area contributed by atoms with Crippen molar-refractivity contribution in [2.45, 2.75) is 19.8 Å². The van der Waals surface area contributed by atoms with Crippen LogP contribution < -0.4 is 4.90 Å². The van der Waals surface area contributed by atoms with Crippen molar-refractivity contribution in [1.29, 1.82) is 0 Å². The molecule has 2 aromatic rings. The number of Topliss-reactive ketones (excluding diaryl/α,β-unsaturated/α-hetero) is 1. The molecule has 3 nitrogen and oxygen atoms in total. The Morgan fingerprint density at radius 1 is 0.909 bits per heavy atom. The molecule has 22 heavy (non-hydrogen) atoms. The molecule has 1 heterocycles. The highest BCUT2D eigenvalue weighted by Gasteiger charge is 2.19. The summed E-state index contributed by atoms with van der Waals surface area (Å²) < 4.78 is 0. The third-order valence-electron chi connectivity index (χ3n) is 4.13. The molecule has 3 rings (SSSR count). The number of anilines is 1. The van der Waals surface area contributed by atoms with Crippen molar-refractivity contribution in [3.63, 3.8) is 0 Å². The van der Waals surface area contributed by atoms with E-state index >= 15 is 0 Å². The van der Waals surface area contributed by atoms with Gasteiger partial charge in [0.15, 0.2) is 11.6 Å². The van der Waals surface area contributed by atoms with Crippen molar-refractivity contribution in [1.82, 2.24) is 0 Å². The summed E-state index contributed by atoms with van der Waals surface area (Å²) >= 11 is 0. The largest absolute Gasteiger partial charge is 0.372 e. The summed E-state index contributed by atoms with van der Waals surface area (Å²) in [4.78, 5) is 26.9. The van der Waals surface area contributed by atoms with Crippen LogP contribution in [0.1, 0.15) is 46.0 Å². The van der Waals surface area contributed by atoms with Gasteiger partial charge in [0, 0.05) is 35.5 Å². The van der Waals surface area contributed by atoms with Crippen LogP contribution in [0.25, 0.3) is 0 Å². The molecule has 0 N–H and O–H groups in total. The van der Waals surface area contributed by atoms with Crippen molar-refractivity contribution < 1.29 is 9.59 Å². The van der Waals surface area contributed by atoms with Crippen LogP contribution in [0.5, 0.6) is 0 Å². The third-order valence-corrected chi connectivity index (χ3v) is 4.13. The van der Waals surface area contributed by atoms with E-state index in [1.165, 1.54) is 19.8 Å². The summed E-state index contributed by atoms with van der Waals surface area (Å²) in [6.45, 7) is 3.53. The third kappa shape index (κ3) is 2.80. The minimum atomic E-state index is -0.0909. The first-order valence-electron chi connectivity index (χ1n) is 7.66. The van der Waals surface area contributed by atoms with Gasteiger partial charge in [-0.15, -0.1) is 0 Å². The molecule has 0 saturated carbocycles. The number of hydrogen-bond donors (Lipinski definition) is 0. The second-order valence-corrected chi connectivity index (χ2v) is 5.68. The van der Waals surface area contributed by atoms with Gasteiger partial charge in [0.05, 0.1) is 0 Å². The van der Waals surface area contributed by atoms with Gasteiger partial charge in [-0.25, -0.2) is 0 Å². The SMILES string of the molecule is CC(=O)c1ccc(N2CCCC2)cc1C(=O)c1ccccc1. The Morgan fingerprint density at radius 2 is 1.59 bits per heavy atom. The highest BCUT2D eigenvalue weighted by molar-refractivity contribution is 6.15.